The second kappa shape index (κ2) is 5.90. The molecule has 0 saturated heterocycles. The van der Waals surface area contributed by atoms with E-state index in [1.54, 1.807) is 24.4 Å². The zero-order chi connectivity index (χ0) is 14.6. The number of aromatic nitrogens is 3. The average Bonchev–Trinajstić information content (AvgIpc) is 2.48. The second-order valence-corrected chi connectivity index (χ2v) is 6.01. The summed E-state index contributed by atoms with van der Waals surface area (Å²) >= 11 is 0. The van der Waals surface area contributed by atoms with Gasteiger partial charge in [-0.3, -0.25) is 10.4 Å². The molecule has 8 nitrogen and oxygen atoms in total. The van der Waals surface area contributed by atoms with Crippen LogP contribution in [0.3, 0.4) is 0 Å². The number of nitrogens with zero attached hydrogens (tertiary/aromatic N) is 4. The third kappa shape index (κ3) is 3.07. The van der Waals surface area contributed by atoms with Gasteiger partial charge in [0.05, 0.1) is 24.6 Å². The summed E-state index contributed by atoms with van der Waals surface area (Å²) in [6.07, 6.45) is 4.01. The second-order valence-electron chi connectivity index (χ2n) is 3.97. The summed E-state index contributed by atoms with van der Waals surface area (Å²) < 4.78 is 25.8. The van der Waals surface area contributed by atoms with Crippen LogP contribution in [-0.4, -0.2) is 34.7 Å². The van der Waals surface area contributed by atoms with E-state index >= 15 is 0 Å². The Bertz CT molecular complexity index is 659. The predicted molar refractivity (Wildman–Crippen MR) is 72.7 cm³/mol. The summed E-state index contributed by atoms with van der Waals surface area (Å²) in [5.41, 5.74) is 2.89. The minimum Gasteiger partial charge on any atom is -0.292 e. The molecule has 9 heteroatoms. The molecular formula is C11H14N6O2S. The SMILES string of the molecule is CN(Cc1ccccn1)S(=O)(=O)c1cnc(NN)nc1. The number of hydrogen-bond donors (Lipinski definition) is 2. The normalized spacial score (nSPS) is 11.6. The minimum atomic E-state index is -3.66. The molecule has 0 amide bonds. The van der Waals surface area contributed by atoms with Crippen LogP contribution < -0.4 is 11.3 Å². The van der Waals surface area contributed by atoms with Crippen LogP contribution in [0.15, 0.2) is 41.7 Å². The predicted octanol–water partition coefficient (Wildman–Crippen LogP) is -0.0221. The van der Waals surface area contributed by atoms with Crippen molar-refractivity contribution in [3.05, 3.63) is 42.5 Å². The number of hydrazine groups is 1. The molecule has 2 aromatic rings. The summed E-state index contributed by atoms with van der Waals surface area (Å²) in [6, 6.07) is 5.32. The van der Waals surface area contributed by atoms with Crippen LogP contribution in [0.25, 0.3) is 0 Å². The first kappa shape index (κ1) is 14.3. The molecule has 0 aliphatic carbocycles. The Kier molecular flexibility index (Phi) is 4.23. The van der Waals surface area contributed by atoms with Gasteiger partial charge in [-0.15, -0.1) is 0 Å². The van der Waals surface area contributed by atoms with Gasteiger partial charge in [0.1, 0.15) is 4.90 Å². The molecule has 0 aromatic carbocycles. The Morgan fingerprint density at radius 1 is 1.25 bits per heavy atom. The van der Waals surface area contributed by atoms with Gasteiger partial charge in [-0.05, 0) is 12.1 Å². The van der Waals surface area contributed by atoms with Gasteiger partial charge in [0, 0.05) is 13.2 Å². The van der Waals surface area contributed by atoms with Crippen molar-refractivity contribution in [3.8, 4) is 0 Å². The van der Waals surface area contributed by atoms with Gasteiger partial charge in [0.15, 0.2) is 0 Å². The summed E-state index contributed by atoms with van der Waals surface area (Å²) in [5.74, 6) is 5.28. The fraction of sp³-hybridized carbons (Fsp3) is 0.182. The van der Waals surface area contributed by atoms with E-state index < -0.39 is 10.0 Å². The number of nitrogens with one attached hydrogen (secondary N) is 1. The van der Waals surface area contributed by atoms with E-state index in [1.165, 1.54) is 23.7 Å². The fourth-order valence-electron chi connectivity index (χ4n) is 1.51. The maximum Gasteiger partial charge on any atom is 0.246 e. The first-order valence-corrected chi connectivity index (χ1v) is 7.13. The summed E-state index contributed by atoms with van der Waals surface area (Å²) in [4.78, 5) is 11.7. The molecule has 106 valence electrons. The Hall–Kier alpha value is -2.10. The van der Waals surface area contributed by atoms with E-state index in [0.717, 1.165) is 0 Å². The highest BCUT2D eigenvalue weighted by atomic mass is 32.2. The highest BCUT2D eigenvalue weighted by molar-refractivity contribution is 7.89. The van der Waals surface area contributed by atoms with E-state index in [1.807, 2.05) is 0 Å². The third-order valence-corrected chi connectivity index (χ3v) is 4.33. The first-order valence-electron chi connectivity index (χ1n) is 5.69. The van der Waals surface area contributed by atoms with Gasteiger partial charge in [-0.1, -0.05) is 6.07 Å². The molecule has 2 heterocycles. The standard InChI is InChI=1S/C11H14N6O2S/c1-17(8-9-4-2-3-5-13-9)20(18,19)10-6-14-11(16-12)15-7-10/h2-7H,8,12H2,1H3,(H,14,15,16). The number of anilines is 1. The molecule has 0 saturated carbocycles. The molecule has 0 aliphatic rings. The van der Waals surface area contributed by atoms with E-state index in [2.05, 4.69) is 20.4 Å². The number of sulfonamides is 1. The lowest BCUT2D eigenvalue weighted by molar-refractivity contribution is 0.461. The highest BCUT2D eigenvalue weighted by Crippen LogP contribution is 2.14. The maximum absolute atomic E-state index is 12.3. The zero-order valence-corrected chi connectivity index (χ0v) is 11.6. The van der Waals surface area contributed by atoms with Crippen molar-refractivity contribution in [2.45, 2.75) is 11.4 Å². The van der Waals surface area contributed by atoms with Crippen LogP contribution in [0.2, 0.25) is 0 Å². The van der Waals surface area contributed by atoms with E-state index in [4.69, 9.17) is 5.84 Å². The van der Waals surface area contributed by atoms with Crippen molar-refractivity contribution in [2.24, 2.45) is 5.84 Å². The zero-order valence-electron chi connectivity index (χ0n) is 10.8. The van der Waals surface area contributed by atoms with Gasteiger partial charge in [-0.25, -0.2) is 24.2 Å². The van der Waals surface area contributed by atoms with E-state index in [9.17, 15) is 8.42 Å². The lowest BCUT2D eigenvalue weighted by Gasteiger charge is -2.16. The van der Waals surface area contributed by atoms with Crippen LogP contribution in [0.5, 0.6) is 0 Å². The van der Waals surface area contributed by atoms with Crippen LogP contribution in [0.4, 0.5) is 5.95 Å². The lowest BCUT2D eigenvalue weighted by Crippen LogP contribution is -2.27. The number of nitrogen functional groups attached to an aromatic ring is 1. The Balaban J connectivity index is 2.20. The number of nitrogens with two attached hydrogens (primary N) is 1. The Morgan fingerprint density at radius 3 is 2.50 bits per heavy atom. The third-order valence-electron chi connectivity index (χ3n) is 2.58. The van der Waals surface area contributed by atoms with E-state index in [-0.39, 0.29) is 17.4 Å². The van der Waals surface area contributed by atoms with Crippen LogP contribution in [0.1, 0.15) is 5.69 Å². The van der Waals surface area contributed by atoms with E-state index in [0.29, 0.717) is 5.69 Å². The molecule has 0 radical (unpaired) electrons. The molecule has 0 aliphatic heterocycles. The summed E-state index contributed by atoms with van der Waals surface area (Å²) in [6.45, 7) is 0.167. The molecule has 0 spiro atoms. The monoisotopic (exact) mass is 294 g/mol. The minimum absolute atomic E-state index is 0.00469. The van der Waals surface area contributed by atoms with Crippen molar-refractivity contribution in [3.63, 3.8) is 0 Å². The average molecular weight is 294 g/mol. The number of pyridine rings is 1. The number of hydrogen-bond acceptors (Lipinski definition) is 7. The molecule has 2 rings (SSSR count). The Labute approximate surface area is 116 Å². The van der Waals surface area contributed by atoms with Crippen molar-refractivity contribution in [1.29, 1.82) is 0 Å². The van der Waals surface area contributed by atoms with Crippen molar-refractivity contribution >= 4 is 16.0 Å². The lowest BCUT2D eigenvalue weighted by atomic mass is 10.3. The molecular weight excluding hydrogens is 280 g/mol. The Morgan fingerprint density at radius 2 is 1.95 bits per heavy atom. The number of rotatable bonds is 5. The summed E-state index contributed by atoms with van der Waals surface area (Å²) in [5, 5.41) is 0. The van der Waals surface area contributed by atoms with Gasteiger partial charge >= 0.3 is 0 Å². The van der Waals surface area contributed by atoms with Crippen molar-refractivity contribution < 1.29 is 8.42 Å². The fourth-order valence-corrected chi connectivity index (χ4v) is 2.54. The van der Waals surface area contributed by atoms with Crippen LogP contribution in [0, 0.1) is 0 Å². The van der Waals surface area contributed by atoms with Gasteiger partial charge < -0.3 is 0 Å². The molecule has 0 atom stereocenters. The maximum atomic E-state index is 12.3. The molecule has 0 fully saturated rings. The highest BCUT2D eigenvalue weighted by Gasteiger charge is 2.22. The molecule has 3 N–H and O–H groups in total. The molecule has 20 heavy (non-hydrogen) atoms. The quantitative estimate of drug-likeness (QED) is 0.588. The van der Waals surface area contributed by atoms with Crippen LogP contribution >= 0.6 is 0 Å². The topological polar surface area (TPSA) is 114 Å². The largest absolute Gasteiger partial charge is 0.292 e. The van der Waals surface area contributed by atoms with Gasteiger partial charge in [-0.2, -0.15) is 4.31 Å². The first-order chi connectivity index (χ1) is 9.54. The molecule has 0 bridgehead atoms. The van der Waals surface area contributed by atoms with Crippen LogP contribution in [-0.2, 0) is 16.6 Å². The van der Waals surface area contributed by atoms with Crippen molar-refractivity contribution in [2.75, 3.05) is 12.5 Å². The molecule has 2 aromatic heterocycles. The smallest absolute Gasteiger partial charge is 0.246 e. The summed E-state index contributed by atoms with van der Waals surface area (Å²) in [7, 11) is -2.19. The molecule has 0 unspecified atom stereocenters. The van der Waals surface area contributed by atoms with Gasteiger partial charge in [0.25, 0.3) is 0 Å². The van der Waals surface area contributed by atoms with Crippen molar-refractivity contribution in [1.82, 2.24) is 19.3 Å². The van der Waals surface area contributed by atoms with Gasteiger partial charge in [0.2, 0.25) is 16.0 Å².